The number of aromatic amines is 1. The maximum atomic E-state index is 13.5. The van der Waals surface area contributed by atoms with Crippen molar-refractivity contribution < 1.29 is 9.18 Å². The highest BCUT2D eigenvalue weighted by molar-refractivity contribution is 5.96. The van der Waals surface area contributed by atoms with Crippen molar-refractivity contribution in [1.82, 2.24) is 15.4 Å². The Balaban J connectivity index is 2.55. The van der Waals surface area contributed by atoms with E-state index in [1.807, 2.05) is 0 Å². The Morgan fingerprint density at radius 1 is 1.47 bits per heavy atom. The average molecular weight is 230 g/mol. The first kappa shape index (κ1) is 10.8. The molecule has 5 nitrogen and oxygen atoms in total. The molecule has 0 fully saturated rings. The van der Waals surface area contributed by atoms with Crippen molar-refractivity contribution in [2.45, 2.75) is 0 Å². The second-order valence-corrected chi connectivity index (χ2v) is 3.22. The number of nitrogens with one attached hydrogen (secondary N) is 1. The molecule has 0 saturated heterocycles. The van der Waals surface area contributed by atoms with E-state index in [-0.39, 0.29) is 17.0 Å². The van der Waals surface area contributed by atoms with E-state index in [0.29, 0.717) is 5.56 Å². The fourth-order valence-corrected chi connectivity index (χ4v) is 1.38. The molecule has 17 heavy (non-hydrogen) atoms. The van der Waals surface area contributed by atoms with Crippen LogP contribution in [-0.4, -0.2) is 21.3 Å². The monoisotopic (exact) mass is 230 g/mol. The van der Waals surface area contributed by atoms with Crippen molar-refractivity contribution in [3.05, 3.63) is 35.3 Å². The van der Waals surface area contributed by atoms with E-state index in [2.05, 4.69) is 21.3 Å². The van der Waals surface area contributed by atoms with Gasteiger partial charge in [-0.05, 0) is 12.1 Å². The molecule has 0 atom stereocenters. The molecule has 6 heteroatoms. The fraction of sp³-hybridized carbons (Fsp3) is 0. The van der Waals surface area contributed by atoms with Gasteiger partial charge in [0.15, 0.2) is 5.69 Å². The Bertz CT molecular complexity index is 627. The Labute approximate surface area is 95.8 Å². The van der Waals surface area contributed by atoms with Crippen LogP contribution in [0.2, 0.25) is 0 Å². The number of nitrogens with zero attached hydrogens (tertiary/aromatic N) is 2. The molecule has 1 heterocycles. The van der Waals surface area contributed by atoms with Crippen LogP contribution in [0.5, 0.6) is 0 Å². The third kappa shape index (κ3) is 1.86. The summed E-state index contributed by atoms with van der Waals surface area (Å²) in [7, 11) is 0. The van der Waals surface area contributed by atoms with Gasteiger partial charge in [-0.1, -0.05) is 12.0 Å². The number of aromatic nitrogens is 3. The van der Waals surface area contributed by atoms with Crippen LogP contribution in [0.25, 0.3) is 11.3 Å². The number of benzene rings is 1. The normalized spacial score (nSPS) is 9.88. The van der Waals surface area contributed by atoms with Crippen LogP contribution in [0.15, 0.2) is 18.2 Å². The number of hydrogen-bond acceptors (Lipinski definition) is 3. The molecule has 0 aliphatic carbocycles. The van der Waals surface area contributed by atoms with Crippen molar-refractivity contribution in [1.29, 1.82) is 0 Å². The highest BCUT2D eigenvalue weighted by Gasteiger charge is 2.16. The molecule has 0 radical (unpaired) electrons. The van der Waals surface area contributed by atoms with Crippen LogP contribution in [0.3, 0.4) is 0 Å². The minimum atomic E-state index is -0.741. The summed E-state index contributed by atoms with van der Waals surface area (Å²) in [5.74, 6) is 0.888. The lowest BCUT2D eigenvalue weighted by Crippen LogP contribution is -2.12. The van der Waals surface area contributed by atoms with Gasteiger partial charge in [-0.15, -0.1) is 6.42 Å². The second kappa shape index (κ2) is 4.06. The van der Waals surface area contributed by atoms with Crippen LogP contribution in [0.4, 0.5) is 4.39 Å². The number of hydrogen-bond donors (Lipinski definition) is 2. The molecule has 2 aromatic rings. The molecule has 1 aromatic heterocycles. The average Bonchev–Trinajstić information content (AvgIpc) is 2.77. The van der Waals surface area contributed by atoms with Gasteiger partial charge in [0.05, 0.1) is 5.56 Å². The number of rotatable bonds is 2. The summed E-state index contributed by atoms with van der Waals surface area (Å²) >= 11 is 0. The molecule has 3 N–H and O–H groups in total. The maximum absolute atomic E-state index is 13.5. The van der Waals surface area contributed by atoms with Gasteiger partial charge in [-0.3, -0.25) is 4.79 Å². The number of nitrogens with two attached hydrogens (primary N) is 1. The first-order valence-corrected chi connectivity index (χ1v) is 4.60. The number of primary amides is 1. The van der Waals surface area contributed by atoms with Gasteiger partial charge < -0.3 is 5.73 Å². The Morgan fingerprint density at radius 3 is 2.82 bits per heavy atom. The van der Waals surface area contributed by atoms with Crippen molar-refractivity contribution in [3.8, 4) is 23.6 Å². The standard InChI is InChI=1S/C11H7FN4O/c1-2-6-3-4-7(5-8(6)12)9-10(11(13)17)15-16-14-9/h1,3-5H,(H2,13,17)(H,14,15,16). The van der Waals surface area contributed by atoms with E-state index in [1.165, 1.54) is 12.1 Å². The molecule has 0 unspecified atom stereocenters. The van der Waals surface area contributed by atoms with Gasteiger partial charge in [0.1, 0.15) is 11.5 Å². The van der Waals surface area contributed by atoms with E-state index >= 15 is 0 Å². The molecule has 0 saturated carbocycles. The maximum Gasteiger partial charge on any atom is 0.271 e. The predicted molar refractivity (Wildman–Crippen MR) is 58.2 cm³/mol. The highest BCUT2D eigenvalue weighted by Crippen LogP contribution is 2.21. The topological polar surface area (TPSA) is 84.7 Å². The SMILES string of the molecule is C#Cc1ccc(-c2n[nH]nc2C(N)=O)cc1F. The molecule has 0 bridgehead atoms. The van der Waals surface area contributed by atoms with Crippen LogP contribution in [0.1, 0.15) is 16.1 Å². The van der Waals surface area contributed by atoms with Crippen LogP contribution in [0, 0.1) is 18.2 Å². The van der Waals surface area contributed by atoms with Crippen molar-refractivity contribution >= 4 is 5.91 Å². The third-order valence-electron chi connectivity index (χ3n) is 2.18. The van der Waals surface area contributed by atoms with Gasteiger partial charge in [0.25, 0.3) is 5.91 Å². The largest absolute Gasteiger partial charge is 0.364 e. The molecule has 84 valence electrons. The summed E-state index contributed by atoms with van der Waals surface area (Å²) in [5, 5.41) is 9.60. The highest BCUT2D eigenvalue weighted by atomic mass is 19.1. The van der Waals surface area contributed by atoms with Crippen molar-refractivity contribution in [3.63, 3.8) is 0 Å². The van der Waals surface area contributed by atoms with Gasteiger partial charge in [0.2, 0.25) is 0 Å². The summed E-state index contributed by atoms with van der Waals surface area (Å²) < 4.78 is 13.5. The molecule has 0 aliphatic rings. The van der Waals surface area contributed by atoms with E-state index < -0.39 is 11.7 Å². The smallest absolute Gasteiger partial charge is 0.271 e. The van der Waals surface area contributed by atoms with E-state index in [4.69, 9.17) is 12.2 Å². The molecule has 1 aromatic carbocycles. The Hall–Kier alpha value is -2.68. The summed E-state index contributed by atoms with van der Waals surface area (Å²) in [6, 6.07) is 4.15. The van der Waals surface area contributed by atoms with Crippen LogP contribution < -0.4 is 5.73 Å². The second-order valence-electron chi connectivity index (χ2n) is 3.22. The lowest BCUT2D eigenvalue weighted by molar-refractivity contribution is 0.0996. The summed E-state index contributed by atoms with van der Waals surface area (Å²) in [5.41, 5.74) is 5.77. The van der Waals surface area contributed by atoms with Gasteiger partial charge in [-0.25, -0.2) is 4.39 Å². The Morgan fingerprint density at radius 2 is 2.24 bits per heavy atom. The lowest BCUT2D eigenvalue weighted by Gasteiger charge is -2.00. The van der Waals surface area contributed by atoms with Crippen molar-refractivity contribution in [2.24, 2.45) is 5.73 Å². The zero-order valence-corrected chi connectivity index (χ0v) is 8.57. The molecule has 1 amide bonds. The number of H-pyrrole nitrogens is 1. The molecule has 0 spiro atoms. The summed E-state index contributed by atoms with van der Waals surface area (Å²) in [6.45, 7) is 0. The number of amides is 1. The summed E-state index contributed by atoms with van der Waals surface area (Å²) in [4.78, 5) is 11.0. The zero-order valence-electron chi connectivity index (χ0n) is 8.57. The van der Waals surface area contributed by atoms with Crippen LogP contribution in [-0.2, 0) is 0 Å². The first-order valence-electron chi connectivity index (χ1n) is 4.60. The molecular formula is C11H7FN4O. The Kier molecular flexibility index (Phi) is 2.58. The lowest BCUT2D eigenvalue weighted by atomic mass is 10.1. The summed E-state index contributed by atoms with van der Waals surface area (Å²) in [6.07, 6.45) is 5.10. The minimum Gasteiger partial charge on any atom is -0.364 e. The fourth-order valence-electron chi connectivity index (χ4n) is 1.38. The van der Waals surface area contributed by atoms with Gasteiger partial charge in [-0.2, -0.15) is 15.4 Å². The van der Waals surface area contributed by atoms with E-state index in [9.17, 15) is 9.18 Å². The number of carbonyl (C=O) groups is 1. The van der Waals surface area contributed by atoms with Gasteiger partial charge in [0, 0.05) is 5.56 Å². The predicted octanol–water partition coefficient (Wildman–Crippen LogP) is 0.691. The number of carbonyl (C=O) groups excluding carboxylic acids is 1. The quantitative estimate of drug-likeness (QED) is 0.744. The third-order valence-corrected chi connectivity index (χ3v) is 2.18. The number of terminal acetylenes is 1. The molecule has 0 aliphatic heterocycles. The molecular weight excluding hydrogens is 223 g/mol. The first-order chi connectivity index (χ1) is 8.13. The van der Waals surface area contributed by atoms with Crippen molar-refractivity contribution in [2.75, 3.05) is 0 Å². The minimum absolute atomic E-state index is 0.0437. The van der Waals surface area contributed by atoms with Crippen LogP contribution >= 0.6 is 0 Å². The van der Waals surface area contributed by atoms with E-state index in [0.717, 1.165) is 0 Å². The van der Waals surface area contributed by atoms with E-state index in [1.54, 1.807) is 6.07 Å². The zero-order chi connectivity index (χ0) is 12.4. The molecule has 2 rings (SSSR count). The number of halogens is 1. The van der Waals surface area contributed by atoms with Gasteiger partial charge >= 0.3 is 0 Å².